The maximum Gasteiger partial charge on any atom is 0.239 e. The first kappa shape index (κ1) is 24.7. The molecule has 0 fully saturated rings. The zero-order valence-electron chi connectivity index (χ0n) is 21.3. The molecule has 0 atom stereocenters. The van der Waals surface area contributed by atoms with Crippen molar-refractivity contribution >= 4 is 45.6 Å². The summed E-state index contributed by atoms with van der Waals surface area (Å²) in [6.07, 6.45) is -0.319. The van der Waals surface area contributed by atoms with Gasteiger partial charge in [-0.3, -0.25) is 0 Å². The lowest BCUT2D eigenvalue weighted by Crippen LogP contribution is -2.38. The summed E-state index contributed by atoms with van der Waals surface area (Å²) in [5.74, 6) is 0. The van der Waals surface area contributed by atoms with Crippen molar-refractivity contribution in [2.75, 3.05) is 0 Å². The highest BCUT2D eigenvalue weighted by Gasteiger charge is 2.23. The Hall–Kier alpha value is -2.96. The lowest BCUT2D eigenvalue weighted by atomic mass is 9.99. The zero-order valence-corrected chi connectivity index (χ0v) is 23.1. The summed E-state index contributed by atoms with van der Waals surface area (Å²) in [4.78, 5) is 10.6. The lowest BCUT2D eigenvalue weighted by Gasteiger charge is -2.21. The van der Waals surface area contributed by atoms with Crippen LogP contribution in [-0.4, -0.2) is 24.5 Å². The Morgan fingerprint density at radius 1 is 0.944 bits per heavy atom. The van der Waals surface area contributed by atoms with Crippen LogP contribution in [0.25, 0.3) is 42.7 Å². The topological polar surface area (TPSA) is 25.8 Å². The molecule has 0 aliphatic rings. The molecule has 2 nitrogen and oxygen atoms in total. The summed E-state index contributed by atoms with van der Waals surface area (Å²) in [6.45, 7) is 11.3. The third-order valence-corrected chi connectivity index (χ3v) is 10.2. The highest BCUT2D eigenvalue weighted by atomic mass is 32.1. The molecule has 3 aromatic carbocycles. The SMILES string of the molecule is Cc1cc(CCC(F)F)ccc1-c1sc2c(-c3cc([Si](C)(C)C)c4ccccc4c3)ncnc2c1C. The van der Waals surface area contributed by atoms with Gasteiger partial charge in [0, 0.05) is 16.9 Å². The Morgan fingerprint density at radius 3 is 2.44 bits per heavy atom. The molecule has 0 aliphatic carbocycles. The van der Waals surface area contributed by atoms with Gasteiger partial charge in [-0.2, -0.15) is 0 Å². The summed E-state index contributed by atoms with van der Waals surface area (Å²) < 4.78 is 26.4. The average molecular weight is 517 g/mol. The monoisotopic (exact) mass is 516 g/mol. The van der Waals surface area contributed by atoms with Crippen LogP contribution in [0.3, 0.4) is 0 Å². The molecule has 184 valence electrons. The van der Waals surface area contributed by atoms with Gasteiger partial charge < -0.3 is 0 Å². The molecular weight excluding hydrogens is 486 g/mol. The number of rotatable bonds is 6. The molecule has 0 bridgehead atoms. The maximum absolute atomic E-state index is 12.7. The zero-order chi connectivity index (χ0) is 25.6. The molecule has 2 aromatic heterocycles. The molecular formula is C30H30F2N2SSi. The fourth-order valence-corrected chi connectivity index (χ4v) is 7.95. The average Bonchev–Trinajstić information content (AvgIpc) is 3.17. The van der Waals surface area contributed by atoms with Gasteiger partial charge in [0.1, 0.15) is 6.33 Å². The third kappa shape index (κ3) is 4.60. The summed E-state index contributed by atoms with van der Waals surface area (Å²) in [7, 11) is -1.60. The van der Waals surface area contributed by atoms with E-state index in [1.165, 1.54) is 16.0 Å². The Morgan fingerprint density at radius 2 is 1.72 bits per heavy atom. The first-order valence-corrected chi connectivity index (χ1v) is 16.6. The summed E-state index contributed by atoms with van der Waals surface area (Å²) in [6, 6.07) is 19.3. The van der Waals surface area contributed by atoms with Gasteiger partial charge in [-0.05, 0) is 59.4 Å². The molecule has 0 saturated carbocycles. The molecule has 0 saturated heterocycles. The van der Waals surface area contributed by atoms with Gasteiger partial charge in [-0.1, -0.05) is 73.4 Å². The quantitative estimate of drug-likeness (QED) is 0.211. The molecule has 0 unspecified atom stereocenters. The largest absolute Gasteiger partial charge is 0.239 e. The second-order valence-corrected chi connectivity index (χ2v) is 16.6. The number of fused-ring (bicyclic) bond motifs is 2. The number of aryl methyl sites for hydroxylation is 3. The molecule has 2 heterocycles. The van der Waals surface area contributed by atoms with Crippen molar-refractivity contribution in [1.29, 1.82) is 0 Å². The van der Waals surface area contributed by atoms with Crippen LogP contribution in [0.15, 0.2) is 60.9 Å². The van der Waals surface area contributed by atoms with Crippen molar-refractivity contribution in [2.24, 2.45) is 0 Å². The fourth-order valence-electron chi connectivity index (χ4n) is 4.97. The van der Waals surface area contributed by atoms with Crippen LogP contribution in [0, 0.1) is 13.8 Å². The molecule has 0 radical (unpaired) electrons. The van der Waals surface area contributed by atoms with Crippen LogP contribution in [0.2, 0.25) is 19.6 Å². The standard InChI is InChI=1S/C30H30F2N2SSi/c1-18-14-20(11-13-26(31)32)10-12-23(18)29-19(2)27-30(35-29)28(34-17-33-27)22-15-21-8-6-7-9-24(21)25(16-22)36(3,4)5/h6-10,12,14-17,26H,11,13H2,1-5H3. The molecule has 5 rings (SSSR count). The predicted octanol–water partition coefficient (Wildman–Crippen LogP) is 8.54. The Balaban J connectivity index is 1.65. The van der Waals surface area contributed by atoms with Crippen LogP contribution >= 0.6 is 11.3 Å². The van der Waals surface area contributed by atoms with Gasteiger partial charge in [0.2, 0.25) is 6.43 Å². The van der Waals surface area contributed by atoms with Gasteiger partial charge in [0.15, 0.2) is 0 Å². The Kier molecular flexibility index (Phi) is 6.51. The molecule has 0 amide bonds. The molecule has 5 aromatic rings. The van der Waals surface area contributed by atoms with Gasteiger partial charge >= 0.3 is 0 Å². The minimum Gasteiger partial charge on any atom is -0.235 e. The van der Waals surface area contributed by atoms with Crippen molar-refractivity contribution in [2.45, 2.75) is 52.8 Å². The number of hydrogen-bond donors (Lipinski definition) is 0. The van der Waals surface area contributed by atoms with E-state index < -0.39 is 14.5 Å². The van der Waals surface area contributed by atoms with E-state index in [1.54, 1.807) is 17.7 Å². The van der Waals surface area contributed by atoms with Crippen molar-refractivity contribution in [1.82, 2.24) is 9.97 Å². The fraction of sp³-hybridized carbons (Fsp3) is 0.267. The number of nitrogens with zero attached hydrogens (tertiary/aromatic N) is 2. The molecule has 0 aliphatic heterocycles. The minimum absolute atomic E-state index is 0.106. The van der Waals surface area contributed by atoms with E-state index in [4.69, 9.17) is 4.98 Å². The highest BCUT2D eigenvalue weighted by Crippen LogP contribution is 2.42. The number of hydrogen-bond acceptors (Lipinski definition) is 3. The van der Waals surface area contributed by atoms with Gasteiger partial charge in [0.25, 0.3) is 0 Å². The Bertz CT molecular complexity index is 1580. The van der Waals surface area contributed by atoms with E-state index in [9.17, 15) is 8.78 Å². The highest BCUT2D eigenvalue weighted by molar-refractivity contribution is 7.23. The second-order valence-electron chi connectivity index (χ2n) is 10.5. The normalized spacial score (nSPS) is 12.2. The number of thiophene rings is 1. The number of benzene rings is 3. The summed E-state index contributed by atoms with van der Waals surface area (Å²) in [5, 5.41) is 4.00. The van der Waals surface area contributed by atoms with Crippen LogP contribution in [0.5, 0.6) is 0 Å². The predicted molar refractivity (Wildman–Crippen MR) is 153 cm³/mol. The van der Waals surface area contributed by atoms with E-state index >= 15 is 0 Å². The second kappa shape index (κ2) is 9.49. The Labute approximate surface area is 216 Å². The van der Waals surface area contributed by atoms with Crippen molar-refractivity contribution in [3.05, 3.63) is 77.6 Å². The van der Waals surface area contributed by atoms with Crippen LogP contribution in [0.4, 0.5) is 8.78 Å². The van der Waals surface area contributed by atoms with Crippen LogP contribution in [0.1, 0.15) is 23.1 Å². The van der Waals surface area contributed by atoms with Gasteiger partial charge in [0.05, 0.1) is 24.0 Å². The maximum atomic E-state index is 12.7. The van der Waals surface area contributed by atoms with E-state index in [1.807, 2.05) is 12.1 Å². The molecule has 0 N–H and O–H groups in total. The van der Waals surface area contributed by atoms with E-state index in [0.29, 0.717) is 6.42 Å². The lowest BCUT2D eigenvalue weighted by molar-refractivity contribution is 0.138. The van der Waals surface area contributed by atoms with Crippen molar-refractivity contribution in [3.8, 4) is 21.7 Å². The smallest absolute Gasteiger partial charge is 0.235 e. The molecule has 6 heteroatoms. The molecule has 0 spiro atoms. The van der Waals surface area contributed by atoms with Gasteiger partial charge in [-0.25, -0.2) is 18.7 Å². The first-order valence-electron chi connectivity index (χ1n) is 12.3. The first-order chi connectivity index (χ1) is 17.1. The molecule has 36 heavy (non-hydrogen) atoms. The summed E-state index contributed by atoms with van der Waals surface area (Å²) >= 11 is 1.72. The van der Waals surface area contributed by atoms with Gasteiger partial charge in [-0.15, -0.1) is 11.3 Å². The minimum atomic E-state index is -2.27. The number of halogens is 2. The summed E-state index contributed by atoms with van der Waals surface area (Å²) in [5.41, 5.74) is 7.38. The van der Waals surface area contributed by atoms with Crippen molar-refractivity contribution in [3.63, 3.8) is 0 Å². The number of aromatic nitrogens is 2. The van der Waals surface area contributed by atoms with Crippen molar-refractivity contribution < 1.29 is 8.78 Å². The van der Waals surface area contributed by atoms with E-state index in [0.717, 1.165) is 48.6 Å². The third-order valence-electron chi connectivity index (χ3n) is 6.83. The van der Waals surface area contributed by atoms with Crippen LogP contribution in [-0.2, 0) is 6.42 Å². The number of alkyl halides is 2. The van der Waals surface area contributed by atoms with Crippen LogP contribution < -0.4 is 5.19 Å². The van der Waals surface area contributed by atoms with E-state index in [-0.39, 0.29) is 6.42 Å². The van der Waals surface area contributed by atoms with E-state index in [2.05, 4.69) is 80.9 Å².